The van der Waals surface area contributed by atoms with Crippen molar-refractivity contribution in [2.24, 2.45) is 0 Å². The number of amides is 2. The average Bonchev–Trinajstić information content (AvgIpc) is 3.47. The molecule has 2 amide bonds. The Balaban J connectivity index is 1.43. The molecule has 1 saturated heterocycles. The van der Waals surface area contributed by atoms with Crippen LogP contribution < -0.4 is 15.5 Å². The van der Waals surface area contributed by atoms with E-state index in [0.717, 1.165) is 46.6 Å². The third-order valence-electron chi connectivity index (χ3n) is 5.82. The molecule has 0 aliphatic carbocycles. The first kappa shape index (κ1) is 25.0. The highest BCUT2D eigenvalue weighted by Crippen LogP contribution is 2.34. The van der Waals surface area contributed by atoms with Crippen LogP contribution >= 0.6 is 11.3 Å². The summed E-state index contributed by atoms with van der Waals surface area (Å²) in [4.78, 5) is 33.5. The highest BCUT2D eigenvalue weighted by Gasteiger charge is 2.23. The van der Waals surface area contributed by atoms with E-state index in [4.69, 9.17) is 10.1 Å². The van der Waals surface area contributed by atoms with Crippen LogP contribution in [0.25, 0.3) is 16.2 Å². The molecule has 2 aromatic heterocycles. The first-order chi connectivity index (χ1) is 16.6. The van der Waals surface area contributed by atoms with Crippen LogP contribution in [0.2, 0.25) is 0 Å². The second kappa shape index (κ2) is 10.2. The van der Waals surface area contributed by atoms with Crippen molar-refractivity contribution in [3.63, 3.8) is 0 Å². The zero-order valence-electron chi connectivity index (χ0n) is 21.2. The zero-order valence-corrected chi connectivity index (χ0v) is 22.0. The molecule has 1 fully saturated rings. The first-order valence-corrected chi connectivity index (χ1v) is 12.9. The molecule has 0 atom stereocenters. The molecule has 0 bridgehead atoms. The summed E-state index contributed by atoms with van der Waals surface area (Å²) in [7, 11) is 1.86. The molecule has 0 saturated carbocycles. The topological polar surface area (TPSA) is 94.9 Å². The van der Waals surface area contributed by atoms with Gasteiger partial charge in [-0.2, -0.15) is 4.52 Å². The van der Waals surface area contributed by atoms with Crippen molar-refractivity contribution in [2.45, 2.75) is 52.5 Å². The van der Waals surface area contributed by atoms with Gasteiger partial charge in [-0.15, -0.1) is 5.10 Å². The van der Waals surface area contributed by atoms with Crippen LogP contribution in [0.3, 0.4) is 0 Å². The van der Waals surface area contributed by atoms with Crippen molar-refractivity contribution >= 4 is 39.1 Å². The lowest BCUT2D eigenvalue weighted by Gasteiger charge is -2.22. The van der Waals surface area contributed by atoms with Crippen LogP contribution in [0.1, 0.15) is 45.6 Å². The van der Waals surface area contributed by atoms with E-state index in [1.165, 1.54) is 16.9 Å². The van der Waals surface area contributed by atoms with Crippen LogP contribution in [-0.2, 0) is 9.59 Å². The molecule has 1 aromatic carbocycles. The number of nitrogens with one attached hydrogen (secondary N) is 2. The quantitative estimate of drug-likeness (QED) is 0.439. The third-order valence-corrected chi connectivity index (χ3v) is 6.84. The van der Waals surface area contributed by atoms with Gasteiger partial charge in [0.15, 0.2) is 5.82 Å². The van der Waals surface area contributed by atoms with Gasteiger partial charge >= 0.3 is 0 Å². The van der Waals surface area contributed by atoms with Gasteiger partial charge in [-0.05, 0) is 40.5 Å². The van der Waals surface area contributed by atoms with Crippen molar-refractivity contribution in [3.05, 3.63) is 29.8 Å². The van der Waals surface area contributed by atoms with Crippen molar-refractivity contribution in [2.75, 3.05) is 43.4 Å². The fourth-order valence-corrected chi connectivity index (χ4v) is 4.91. The molecule has 3 aromatic rings. The normalized spacial score (nSPS) is 14.1. The van der Waals surface area contributed by atoms with Gasteiger partial charge in [-0.25, -0.2) is 4.98 Å². The number of rotatable bonds is 9. The third kappa shape index (κ3) is 6.11. The van der Waals surface area contributed by atoms with E-state index >= 15 is 0 Å². The average molecular weight is 498 g/mol. The number of aromatic nitrogens is 3. The minimum absolute atomic E-state index is 0.0681. The van der Waals surface area contributed by atoms with Gasteiger partial charge in [0.2, 0.25) is 21.9 Å². The van der Waals surface area contributed by atoms with E-state index in [1.54, 1.807) is 0 Å². The molecule has 3 heterocycles. The first-order valence-electron chi connectivity index (χ1n) is 12.1. The van der Waals surface area contributed by atoms with E-state index in [2.05, 4.69) is 62.6 Å². The maximum atomic E-state index is 12.5. The zero-order chi connectivity index (χ0) is 25.2. The highest BCUT2D eigenvalue weighted by molar-refractivity contribution is 7.20. The van der Waals surface area contributed by atoms with Gasteiger partial charge in [0.05, 0.1) is 6.54 Å². The number of carbonyl (C=O) groups excluding carboxylic acids is 2. The fourth-order valence-electron chi connectivity index (χ4n) is 4.05. The molecule has 9 nitrogen and oxygen atoms in total. The van der Waals surface area contributed by atoms with E-state index in [0.29, 0.717) is 19.5 Å². The van der Waals surface area contributed by atoms with Crippen LogP contribution in [0.15, 0.2) is 24.3 Å². The maximum Gasteiger partial charge on any atom is 0.239 e. The van der Waals surface area contributed by atoms with Gasteiger partial charge in [0, 0.05) is 44.2 Å². The number of hydrogen-bond acceptors (Lipinski definition) is 7. The number of fused-ring (bicyclic) bond motifs is 1. The molecular weight excluding hydrogens is 462 g/mol. The number of likely N-dealkylation sites (N-methyl/N-ethyl adjacent to an activating group) is 1. The minimum Gasteiger partial charge on any atom is -0.364 e. The lowest BCUT2D eigenvalue weighted by Crippen LogP contribution is -2.37. The number of likely N-dealkylation sites (tertiary alicyclic amines) is 1. The molecule has 1 aliphatic heterocycles. The van der Waals surface area contributed by atoms with Crippen molar-refractivity contribution in [3.8, 4) is 11.3 Å². The van der Waals surface area contributed by atoms with Crippen molar-refractivity contribution in [1.82, 2.24) is 24.8 Å². The lowest BCUT2D eigenvalue weighted by molar-refractivity contribution is -0.127. The van der Waals surface area contributed by atoms with Gasteiger partial charge < -0.3 is 20.4 Å². The Labute approximate surface area is 210 Å². The number of aryl methyl sites for hydroxylation is 1. The van der Waals surface area contributed by atoms with Crippen LogP contribution in [0, 0.1) is 6.92 Å². The van der Waals surface area contributed by atoms with E-state index in [1.807, 2.05) is 21.4 Å². The molecule has 1 aliphatic rings. The van der Waals surface area contributed by atoms with E-state index in [9.17, 15) is 9.59 Å². The van der Waals surface area contributed by atoms with Crippen LogP contribution in [0.4, 0.5) is 10.9 Å². The standard InChI is InChI=1S/C25H35N7O2S/c1-17-9-11-18(12-10-17)21-22(28-25(2,3)4)32-23(27-21)35-24(29-32)30(5)16-19(33)26-13-7-15-31-14-6-8-20(31)34/h9-12,28H,6-8,13-16H2,1-5H3,(H,26,33). The molecule has 188 valence electrons. The maximum absolute atomic E-state index is 12.5. The molecule has 0 radical (unpaired) electrons. The number of carbonyl (C=O) groups is 2. The summed E-state index contributed by atoms with van der Waals surface area (Å²) in [5.74, 6) is 0.991. The number of nitrogens with zero attached hydrogens (tertiary/aromatic N) is 5. The monoisotopic (exact) mass is 497 g/mol. The van der Waals surface area contributed by atoms with E-state index < -0.39 is 0 Å². The molecule has 4 rings (SSSR count). The Morgan fingerprint density at radius 2 is 1.97 bits per heavy atom. The van der Waals surface area contributed by atoms with E-state index in [-0.39, 0.29) is 23.9 Å². The van der Waals surface area contributed by atoms with Gasteiger partial charge in [0.25, 0.3) is 0 Å². The molecule has 0 unspecified atom stereocenters. The second-order valence-corrected chi connectivity index (χ2v) is 11.1. The number of imidazole rings is 1. The van der Waals surface area contributed by atoms with Crippen LogP contribution in [0.5, 0.6) is 0 Å². The summed E-state index contributed by atoms with van der Waals surface area (Å²) in [5, 5.41) is 12.0. The fraction of sp³-hybridized carbons (Fsp3) is 0.520. The Kier molecular flexibility index (Phi) is 7.30. The lowest BCUT2D eigenvalue weighted by atomic mass is 10.1. The Bertz CT molecular complexity index is 1190. The summed E-state index contributed by atoms with van der Waals surface area (Å²) in [6.45, 7) is 10.7. The number of anilines is 2. The molecule has 2 N–H and O–H groups in total. The predicted octanol–water partition coefficient (Wildman–Crippen LogP) is 3.54. The summed E-state index contributed by atoms with van der Waals surface area (Å²) in [6.07, 6.45) is 2.34. The Hall–Kier alpha value is -3.14. The number of benzene rings is 1. The molecular formula is C25H35N7O2S. The summed E-state index contributed by atoms with van der Waals surface area (Å²) < 4.78 is 1.84. The summed E-state index contributed by atoms with van der Waals surface area (Å²) in [6, 6.07) is 8.31. The van der Waals surface area contributed by atoms with Gasteiger partial charge in [-0.3, -0.25) is 9.59 Å². The Morgan fingerprint density at radius 3 is 2.63 bits per heavy atom. The van der Waals surface area contributed by atoms with Gasteiger partial charge in [-0.1, -0.05) is 41.2 Å². The largest absolute Gasteiger partial charge is 0.364 e. The van der Waals surface area contributed by atoms with Gasteiger partial charge in [0.1, 0.15) is 5.69 Å². The van der Waals surface area contributed by atoms with Crippen molar-refractivity contribution in [1.29, 1.82) is 0 Å². The predicted molar refractivity (Wildman–Crippen MR) is 141 cm³/mol. The smallest absolute Gasteiger partial charge is 0.239 e. The Morgan fingerprint density at radius 1 is 1.23 bits per heavy atom. The molecule has 35 heavy (non-hydrogen) atoms. The SMILES string of the molecule is Cc1ccc(-c2nc3sc(N(C)CC(=O)NCCCN4CCCC4=O)nn3c2NC(C)(C)C)cc1. The highest BCUT2D eigenvalue weighted by atomic mass is 32.1. The molecule has 10 heteroatoms. The second-order valence-electron chi connectivity index (χ2n) is 10.2. The van der Waals surface area contributed by atoms with Crippen LogP contribution in [-0.4, -0.2) is 70.1 Å². The van der Waals surface area contributed by atoms with Crippen molar-refractivity contribution < 1.29 is 9.59 Å². The number of hydrogen-bond donors (Lipinski definition) is 2. The summed E-state index contributed by atoms with van der Waals surface area (Å²) >= 11 is 1.45. The summed E-state index contributed by atoms with van der Waals surface area (Å²) in [5.41, 5.74) is 2.92. The molecule has 0 spiro atoms. The minimum atomic E-state index is -0.176.